The lowest BCUT2D eigenvalue weighted by Crippen LogP contribution is -2.28. The SMILES string of the molecule is Cc1nc(Br)ccc1NC(C)CC(C)(C)c1ccccc1. The van der Waals surface area contributed by atoms with Crippen LogP contribution in [-0.2, 0) is 5.41 Å². The Labute approximate surface area is 136 Å². The van der Waals surface area contributed by atoms with Gasteiger partial charge in [-0.1, -0.05) is 44.2 Å². The molecule has 0 radical (unpaired) electrons. The van der Waals surface area contributed by atoms with Gasteiger partial charge in [0.05, 0.1) is 11.4 Å². The van der Waals surface area contributed by atoms with Crippen LogP contribution in [0.2, 0.25) is 0 Å². The van der Waals surface area contributed by atoms with Gasteiger partial charge in [0.25, 0.3) is 0 Å². The summed E-state index contributed by atoms with van der Waals surface area (Å²) in [5.74, 6) is 0. The van der Waals surface area contributed by atoms with E-state index < -0.39 is 0 Å². The Balaban J connectivity index is 2.06. The molecule has 0 amide bonds. The van der Waals surface area contributed by atoms with Crippen LogP contribution in [0.25, 0.3) is 0 Å². The van der Waals surface area contributed by atoms with Crippen molar-refractivity contribution in [2.75, 3.05) is 5.32 Å². The van der Waals surface area contributed by atoms with Gasteiger partial charge in [-0.15, -0.1) is 0 Å². The predicted octanol–water partition coefficient (Wildman–Crippen LogP) is 5.32. The van der Waals surface area contributed by atoms with E-state index in [-0.39, 0.29) is 5.41 Å². The third-order valence-corrected chi connectivity index (χ3v) is 4.27. The molecule has 2 aromatic rings. The van der Waals surface area contributed by atoms with Crippen LogP contribution in [0.3, 0.4) is 0 Å². The van der Waals surface area contributed by atoms with E-state index in [4.69, 9.17) is 0 Å². The molecule has 0 aliphatic carbocycles. The zero-order chi connectivity index (χ0) is 15.5. The number of nitrogens with one attached hydrogen (secondary N) is 1. The zero-order valence-corrected chi connectivity index (χ0v) is 14.7. The van der Waals surface area contributed by atoms with Crippen molar-refractivity contribution >= 4 is 21.6 Å². The van der Waals surface area contributed by atoms with Crippen molar-refractivity contribution in [3.63, 3.8) is 0 Å². The van der Waals surface area contributed by atoms with Crippen molar-refractivity contribution in [3.8, 4) is 0 Å². The summed E-state index contributed by atoms with van der Waals surface area (Å²) >= 11 is 3.40. The largest absolute Gasteiger partial charge is 0.381 e. The van der Waals surface area contributed by atoms with E-state index in [1.165, 1.54) is 5.56 Å². The lowest BCUT2D eigenvalue weighted by Gasteiger charge is -2.30. The van der Waals surface area contributed by atoms with Crippen molar-refractivity contribution in [2.24, 2.45) is 0 Å². The van der Waals surface area contributed by atoms with Crippen LogP contribution in [0, 0.1) is 6.92 Å². The molecule has 1 aromatic heterocycles. The number of halogens is 1. The lowest BCUT2D eigenvalue weighted by molar-refractivity contribution is 0.450. The molecule has 3 heteroatoms. The molecular weight excluding hydrogens is 324 g/mol. The highest BCUT2D eigenvalue weighted by Gasteiger charge is 2.23. The molecule has 0 saturated heterocycles. The molecule has 0 aliphatic heterocycles. The van der Waals surface area contributed by atoms with E-state index in [9.17, 15) is 0 Å². The predicted molar refractivity (Wildman–Crippen MR) is 93.8 cm³/mol. The van der Waals surface area contributed by atoms with E-state index >= 15 is 0 Å². The minimum atomic E-state index is 0.143. The second-order valence-electron chi connectivity index (χ2n) is 6.27. The highest BCUT2D eigenvalue weighted by atomic mass is 79.9. The number of benzene rings is 1. The van der Waals surface area contributed by atoms with Crippen LogP contribution in [0.4, 0.5) is 5.69 Å². The minimum absolute atomic E-state index is 0.143. The molecular formula is C18H23BrN2. The van der Waals surface area contributed by atoms with Crippen LogP contribution in [0.5, 0.6) is 0 Å². The molecule has 2 nitrogen and oxygen atoms in total. The molecule has 1 N–H and O–H groups in total. The van der Waals surface area contributed by atoms with Crippen LogP contribution < -0.4 is 5.32 Å². The fourth-order valence-electron chi connectivity index (χ4n) is 2.77. The van der Waals surface area contributed by atoms with Crippen LogP contribution >= 0.6 is 15.9 Å². The monoisotopic (exact) mass is 346 g/mol. The van der Waals surface area contributed by atoms with Gasteiger partial charge in [-0.05, 0) is 59.3 Å². The Morgan fingerprint density at radius 3 is 2.43 bits per heavy atom. The highest BCUT2D eigenvalue weighted by Crippen LogP contribution is 2.29. The summed E-state index contributed by atoms with van der Waals surface area (Å²) in [4.78, 5) is 4.44. The summed E-state index contributed by atoms with van der Waals surface area (Å²) in [5, 5.41) is 3.58. The first kappa shape index (κ1) is 16.0. The van der Waals surface area contributed by atoms with Crippen LogP contribution in [-0.4, -0.2) is 11.0 Å². The van der Waals surface area contributed by atoms with Gasteiger partial charge in [0.15, 0.2) is 0 Å². The Bertz CT molecular complexity index is 593. The van der Waals surface area contributed by atoms with E-state index in [1.54, 1.807) is 0 Å². The number of pyridine rings is 1. The van der Waals surface area contributed by atoms with E-state index in [0.29, 0.717) is 6.04 Å². The Hall–Kier alpha value is -1.35. The van der Waals surface area contributed by atoms with Crippen molar-refractivity contribution in [1.82, 2.24) is 4.98 Å². The molecule has 0 saturated carbocycles. The number of hydrogen-bond acceptors (Lipinski definition) is 2. The van der Waals surface area contributed by atoms with E-state index in [1.807, 2.05) is 13.0 Å². The number of anilines is 1. The quantitative estimate of drug-likeness (QED) is 0.741. The van der Waals surface area contributed by atoms with Crippen LogP contribution in [0.15, 0.2) is 47.1 Å². The zero-order valence-electron chi connectivity index (χ0n) is 13.2. The minimum Gasteiger partial charge on any atom is -0.381 e. The van der Waals surface area contributed by atoms with Crippen molar-refractivity contribution in [1.29, 1.82) is 0 Å². The molecule has 0 spiro atoms. The molecule has 1 unspecified atom stereocenters. The number of nitrogens with zero attached hydrogens (tertiary/aromatic N) is 1. The van der Waals surface area contributed by atoms with Gasteiger partial charge in [-0.3, -0.25) is 0 Å². The number of aromatic nitrogens is 1. The van der Waals surface area contributed by atoms with Gasteiger partial charge in [-0.25, -0.2) is 4.98 Å². The first-order valence-corrected chi connectivity index (χ1v) is 8.13. The Morgan fingerprint density at radius 1 is 1.14 bits per heavy atom. The maximum atomic E-state index is 4.44. The maximum Gasteiger partial charge on any atom is 0.106 e. The average Bonchev–Trinajstić information content (AvgIpc) is 2.42. The third kappa shape index (κ3) is 4.31. The van der Waals surface area contributed by atoms with Crippen molar-refractivity contribution in [3.05, 3.63) is 58.3 Å². The molecule has 2 rings (SSSR count). The number of rotatable bonds is 5. The van der Waals surface area contributed by atoms with E-state index in [2.05, 4.69) is 83.4 Å². The Kier molecular flexibility index (Phi) is 5.04. The normalized spacial score (nSPS) is 13.0. The van der Waals surface area contributed by atoms with Gasteiger partial charge in [0, 0.05) is 6.04 Å². The van der Waals surface area contributed by atoms with Crippen molar-refractivity contribution in [2.45, 2.75) is 45.6 Å². The second-order valence-corrected chi connectivity index (χ2v) is 7.08. The van der Waals surface area contributed by atoms with Gasteiger partial charge < -0.3 is 5.32 Å². The van der Waals surface area contributed by atoms with E-state index in [0.717, 1.165) is 22.4 Å². The van der Waals surface area contributed by atoms with Crippen molar-refractivity contribution < 1.29 is 0 Å². The fraction of sp³-hybridized carbons (Fsp3) is 0.389. The summed E-state index contributed by atoms with van der Waals surface area (Å²) in [6.45, 7) is 8.86. The Morgan fingerprint density at radius 2 is 1.81 bits per heavy atom. The third-order valence-electron chi connectivity index (χ3n) is 3.83. The molecule has 1 atom stereocenters. The molecule has 0 bridgehead atoms. The number of hydrogen-bond donors (Lipinski definition) is 1. The first-order valence-electron chi connectivity index (χ1n) is 7.34. The summed E-state index contributed by atoms with van der Waals surface area (Å²) in [5.41, 5.74) is 3.65. The molecule has 1 aromatic carbocycles. The standard InChI is InChI=1S/C18H23BrN2/c1-13(20-16-10-11-17(19)21-14(16)2)12-18(3,4)15-8-6-5-7-9-15/h5-11,13,20H,12H2,1-4H3. The smallest absolute Gasteiger partial charge is 0.106 e. The molecule has 21 heavy (non-hydrogen) atoms. The summed E-state index contributed by atoms with van der Waals surface area (Å²) in [6, 6.07) is 15.1. The van der Waals surface area contributed by atoms with Gasteiger partial charge in [0.1, 0.15) is 4.60 Å². The molecule has 112 valence electrons. The maximum absolute atomic E-state index is 4.44. The highest BCUT2D eigenvalue weighted by molar-refractivity contribution is 9.10. The van der Waals surface area contributed by atoms with Crippen LogP contribution in [0.1, 0.15) is 38.4 Å². The average molecular weight is 347 g/mol. The molecule has 1 heterocycles. The summed E-state index contributed by atoms with van der Waals surface area (Å²) in [6.07, 6.45) is 1.06. The lowest BCUT2D eigenvalue weighted by atomic mass is 9.79. The molecule has 0 aliphatic rings. The summed E-state index contributed by atoms with van der Waals surface area (Å²) < 4.78 is 0.878. The van der Waals surface area contributed by atoms with Gasteiger partial charge in [-0.2, -0.15) is 0 Å². The fourth-order valence-corrected chi connectivity index (χ4v) is 3.17. The van der Waals surface area contributed by atoms with Gasteiger partial charge >= 0.3 is 0 Å². The topological polar surface area (TPSA) is 24.9 Å². The van der Waals surface area contributed by atoms with Gasteiger partial charge in [0.2, 0.25) is 0 Å². The molecule has 0 fully saturated rings. The summed E-state index contributed by atoms with van der Waals surface area (Å²) in [7, 11) is 0. The second kappa shape index (κ2) is 6.61. The number of aryl methyl sites for hydroxylation is 1. The first-order chi connectivity index (χ1) is 9.88.